The molecule has 1 N–H and O–H groups in total. The van der Waals surface area contributed by atoms with Crippen LogP contribution in [0.1, 0.15) is 36.1 Å². The molecule has 1 aliphatic heterocycles. The number of alkyl halides is 3. The van der Waals surface area contributed by atoms with E-state index >= 15 is 0 Å². The molecule has 2 heterocycles. The lowest BCUT2D eigenvalue weighted by Gasteiger charge is -2.40. The van der Waals surface area contributed by atoms with Gasteiger partial charge in [-0.25, -0.2) is 0 Å². The maximum atomic E-state index is 13.5. The molecule has 0 atom stereocenters. The Labute approximate surface area is 183 Å². The maximum Gasteiger partial charge on any atom is 0.425 e. The van der Waals surface area contributed by atoms with E-state index in [1.165, 1.54) is 6.07 Å². The van der Waals surface area contributed by atoms with Gasteiger partial charge in [-0.3, -0.25) is 4.79 Å². The Bertz CT molecular complexity index is 966. The first-order valence-electron chi connectivity index (χ1n) is 10.3. The topological polar surface area (TPSA) is 59.4 Å². The van der Waals surface area contributed by atoms with Crippen molar-refractivity contribution in [1.29, 1.82) is 5.26 Å². The van der Waals surface area contributed by atoms with Crippen LogP contribution in [0.15, 0.2) is 36.4 Å². The Morgan fingerprint density at radius 1 is 1.03 bits per heavy atom. The summed E-state index contributed by atoms with van der Waals surface area (Å²) in [5.41, 5.74) is 0.713. The number of carbonyl (C=O) groups is 1. The molecule has 0 bridgehead atoms. The van der Waals surface area contributed by atoms with Crippen LogP contribution in [0.5, 0.6) is 0 Å². The number of benzene rings is 1. The van der Waals surface area contributed by atoms with Crippen molar-refractivity contribution in [3.63, 3.8) is 0 Å². The lowest BCUT2D eigenvalue weighted by atomic mass is 9.94. The maximum absolute atomic E-state index is 13.5. The third-order valence-corrected chi connectivity index (χ3v) is 7.20. The number of nitriles is 1. The van der Waals surface area contributed by atoms with Gasteiger partial charge in [-0.05, 0) is 49.2 Å². The van der Waals surface area contributed by atoms with Crippen LogP contribution in [0.2, 0.25) is 0 Å². The van der Waals surface area contributed by atoms with Gasteiger partial charge in [0.05, 0.1) is 16.6 Å². The van der Waals surface area contributed by atoms with Crippen molar-refractivity contribution in [3.05, 3.63) is 46.8 Å². The first-order chi connectivity index (χ1) is 14.8. The Balaban J connectivity index is 1.42. The largest absolute Gasteiger partial charge is 0.425 e. The zero-order valence-electron chi connectivity index (χ0n) is 16.9. The summed E-state index contributed by atoms with van der Waals surface area (Å²) < 4.78 is 38.7. The molecule has 1 aromatic carbocycles. The number of piperazine rings is 1. The molecule has 1 saturated carbocycles. The smallest absolute Gasteiger partial charge is 0.371 e. The van der Waals surface area contributed by atoms with Crippen molar-refractivity contribution >= 4 is 27.9 Å². The fourth-order valence-electron chi connectivity index (χ4n) is 4.36. The van der Waals surface area contributed by atoms with Gasteiger partial charge in [-0.2, -0.15) is 18.4 Å². The summed E-state index contributed by atoms with van der Waals surface area (Å²) in [5, 5.41) is 13.0. The first kappa shape index (κ1) is 21.5. The quantitative estimate of drug-likeness (QED) is 0.736. The minimum absolute atomic E-state index is 0.0520. The summed E-state index contributed by atoms with van der Waals surface area (Å²) in [6.07, 6.45) is -0.917. The number of hydrogen-bond donors (Lipinski definition) is 1. The van der Waals surface area contributed by atoms with E-state index in [-0.39, 0.29) is 5.91 Å². The number of rotatable bonds is 4. The normalized spacial score (nSPS) is 18.6. The zero-order chi connectivity index (χ0) is 22.1. The highest BCUT2D eigenvalue weighted by molar-refractivity contribution is 7.16. The Hall–Kier alpha value is -2.73. The van der Waals surface area contributed by atoms with Crippen molar-refractivity contribution in [3.8, 4) is 6.07 Å². The van der Waals surface area contributed by atoms with Crippen LogP contribution >= 0.6 is 11.3 Å². The molecule has 0 spiro atoms. The van der Waals surface area contributed by atoms with Crippen molar-refractivity contribution in [2.24, 2.45) is 0 Å². The summed E-state index contributed by atoms with van der Waals surface area (Å²) in [6, 6.07) is 11.8. The minimum atomic E-state index is -4.33. The summed E-state index contributed by atoms with van der Waals surface area (Å²) >= 11 is 0.747. The molecule has 1 amide bonds. The summed E-state index contributed by atoms with van der Waals surface area (Å²) in [5.74, 6) is 0.0520. The van der Waals surface area contributed by atoms with Crippen molar-refractivity contribution < 1.29 is 18.0 Å². The van der Waals surface area contributed by atoms with Crippen LogP contribution in [0, 0.1) is 11.3 Å². The fourth-order valence-corrected chi connectivity index (χ4v) is 5.28. The van der Waals surface area contributed by atoms with E-state index in [0.717, 1.165) is 48.8 Å². The van der Waals surface area contributed by atoms with E-state index in [1.807, 2.05) is 21.9 Å². The van der Waals surface area contributed by atoms with E-state index in [4.69, 9.17) is 5.26 Å². The van der Waals surface area contributed by atoms with Gasteiger partial charge in [0, 0.05) is 31.9 Å². The average molecular weight is 449 g/mol. The van der Waals surface area contributed by atoms with Crippen LogP contribution in [-0.2, 0) is 11.0 Å². The number of carbonyl (C=O) groups excluding carboxylic acids is 1. The lowest BCUT2D eigenvalue weighted by Crippen LogP contribution is -2.57. The summed E-state index contributed by atoms with van der Waals surface area (Å²) in [7, 11) is 0. The lowest BCUT2D eigenvalue weighted by molar-refractivity contribution is -0.136. The third-order valence-electron chi connectivity index (χ3n) is 6.01. The van der Waals surface area contributed by atoms with Gasteiger partial charge >= 0.3 is 6.18 Å². The molecule has 1 aliphatic carbocycles. The Kier molecular flexibility index (Phi) is 5.84. The highest BCUT2D eigenvalue weighted by Crippen LogP contribution is 2.39. The monoisotopic (exact) mass is 448 g/mol. The first-order valence-corrected chi connectivity index (χ1v) is 11.1. The average Bonchev–Trinajstić information content (AvgIpc) is 3.45. The number of thiophene rings is 1. The standard InChI is InChI=1S/C22H23F3N4OS/c23-22(24,25)18-7-8-19(31-18)28-11-13-29(14-12-28)20(30)21(9-1-2-10-21)27-17-5-3-16(15-26)4-6-17/h3-8,27H,1-2,9-14H2. The molecule has 2 aliphatic rings. The van der Waals surface area contributed by atoms with Crippen LogP contribution in [-0.4, -0.2) is 42.5 Å². The minimum Gasteiger partial charge on any atom is -0.371 e. The number of amides is 1. The number of hydrogen-bond acceptors (Lipinski definition) is 5. The molecule has 1 aromatic heterocycles. The van der Waals surface area contributed by atoms with Crippen molar-refractivity contribution in [2.75, 3.05) is 36.4 Å². The van der Waals surface area contributed by atoms with E-state index in [1.54, 1.807) is 12.1 Å². The predicted octanol–water partition coefficient (Wildman–Crippen LogP) is 4.71. The molecule has 2 aromatic rings. The number of nitrogens with one attached hydrogen (secondary N) is 1. The van der Waals surface area contributed by atoms with Gasteiger partial charge < -0.3 is 15.1 Å². The fraction of sp³-hybridized carbons (Fsp3) is 0.455. The van der Waals surface area contributed by atoms with Gasteiger partial charge in [0.15, 0.2) is 0 Å². The van der Waals surface area contributed by atoms with E-state index in [0.29, 0.717) is 36.7 Å². The molecule has 0 unspecified atom stereocenters. The Morgan fingerprint density at radius 2 is 1.68 bits per heavy atom. The van der Waals surface area contributed by atoms with Crippen molar-refractivity contribution in [1.82, 2.24) is 4.90 Å². The number of halogens is 3. The molecule has 0 radical (unpaired) electrons. The molecule has 2 fully saturated rings. The highest BCUT2D eigenvalue weighted by Gasteiger charge is 2.44. The van der Waals surface area contributed by atoms with Crippen molar-refractivity contribution in [2.45, 2.75) is 37.4 Å². The van der Waals surface area contributed by atoms with Gasteiger partial charge in [0.1, 0.15) is 10.4 Å². The molecular weight excluding hydrogens is 425 g/mol. The van der Waals surface area contributed by atoms with Gasteiger partial charge in [0.2, 0.25) is 5.91 Å². The van der Waals surface area contributed by atoms with Crippen LogP contribution < -0.4 is 10.2 Å². The third kappa shape index (κ3) is 4.49. The second-order valence-corrected chi connectivity index (χ2v) is 9.08. The molecular formula is C22H23F3N4OS. The zero-order valence-corrected chi connectivity index (χ0v) is 17.7. The molecule has 9 heteroatoms. The number of anilines is 2. The van der Waals surface area contributed by atoms with Gasteiger partial charge in [0.25, 0.3) is 0 Å². The highest BCUT2D eigenvalue weighted by atomic mass is 32.1. The molecule has 5 nitrogen and oxygen atoms in total. The molecule has 4 rings (SSSR count). The molecule has 31 heavy (non-hydrogen) atoms. The second-order valence-electron chi connectivity index (χ2n) is 8.02. The van der Waals surface area contributed by atoms with Gasteiger partial charge in [-0.1, -0.05) is 12.8 Å². The van der Waals surface area contributed by atoms with Crippen LogP contribution in [0.4, 0.5) is 23.9 Å². The summed E-state index contributed by atoms with van der Waals surface area (Å²) in [6.45, 7) is 1.98. The van der Waals surface area contributed by atoms with E-state index in [2.05, 4.69) is 11.4 Å². The van der Waals surface area contributed by atoms with E-state index in [9.17, 15) is 18.0 Å². The predicted molar refractivity (Wildman–Crippen MR) is 114 cm³/mol. The number of nitrogens with zero attached hydrogens (tertiary/aromatic N) is 3. The summed E-state index contributed by atoms with van der Waals surface area (Å²) in [4.78, 5) is 16.6. The second kappa shape index (κ2) is 8.42. The van der Waals surface area contributed by atoms with Crippen LogP contribution in [0.3, 0.4) is 0 Å². The SMILES string of the molecule is N#Cc1ccc(NC2(C(=O)N3CCN(c4ccc(C(F)(F)F)s4)CC3)CCCC2)cc1. The van der Waals surface area contributed by atoms with E-state index < -0.39 is 16.6 Å². The molecule has 164 valence electrons. The Morgan fingerprint density at radius 3 is 2.23 bits per heavy atom. The van der Waals surface area contributed by atoms with Crippen LogP contribution in [0.25, 0.3) is 0 Å². The molecule has 1 saturated heterocycles. The van der Waals surface area contributed by atoms with Gasteiger partial charge in [-0.15, -0.1) is 11.3 Å².